The van der Waals surface area contributed by atoms with Crippen LogP contribution in [0.25, 0.3) is 0 Å². The second kappa shape index (κ2) is 9.54. The van der Waals surface area contributed by atoms with Gasteiger partial charge in [-0.1, -0.05) is 38.1 Å². The van der Waals surface area contributed by atoms with E-state index in [1.165, 1.54) is 17.8 Å². The molecule has 1 atom stereocenters. The van der Waals surface area contributed by atoms with Crippen LogP contribution in [0.2, 0.25) is 0 Å². The first-order valence-electron chi connectivity index (χ1n) is 10.1. The molecule has 0 aliphatic heterocycles. The summed E-state index contributed by atoms with van der Waals surface area (Å²) in [5, 5.41) is 9.20. The van der Waals surface area contributed by atoms with E-state index in [9.17, 15) is 9.65 Å². The van der Waals surface area contributed by atoms with Crippen LogP contribution >= 0.6 is 0 Å². The minimum Gasteiger partial charge on any atom is -0.346 e. The Balaban J connectivity index is 1.80. The molecule has 0 saturated heterocycles. The summed E-state index contributed by atoms with van der Waals surface area (Å²) in [7, 11) is 0. The van der Waals surface area contributed by atoms with Crippen LogP contribution in [0.1, 0.15) is 43.2 Å². The zero-order chi connectivity index (χ0) is 20.8. The molecule has 1 aromatic heterocycles. The molecule has 0 unspecified atom stereocenters. The van der Waals surface area contributed by atoms with Gasteiger partial charge in [-0.05, 0) is 60.4 Å². The fourth-order valence-corrected chi connectivity index (χ4v) is 3.48. The van der Waals surface area contributed by atoms with Gasteiger partial charge in [-0.3, -0.25) is 4.90 Å². The van der Waals surface area contributed by atoms with Crippen molar-refractivity contribution in [3.8, 4) is 6.07 Å². The van der Waals surface area contributed by atoms with E-state index in [1.807, 2.05) is 30.3 Å². The Hall–Kier alpha value is -2.90. The van der Waals surface area contributed by atoms with Gasteiger partial charge in [0.25, 0.3) is 0 Å². The topological polar surface area (TPSA) is 32.0 Å². The zero-order valence-electron chi connectivity index (χ0n) is 17.3. The monoisotopic (exact) mass is 389 g/mol. The van der Waals surface area contributed by atoms with Gasteiger partial charge >= 0.3 is 0 Å². The number of nitriles is 1. The maximum absolute atomic E-state index is 13.2. The van der Waals surface area contributed by atoms with Crippen molar-refractivity contribution in [1.82, 2.24) is 9.47 Å². The van der Waals surface area contributed by atoms with Crippen LogP contribution in [0.3, 0.4) is 0 Å². The average Bonchev–Trinajstić information content (AvgIpc) is 3.15. The Bertz CT molecular complexity index is 966. The number of rotatable bonds is 8. The van der Waals surface area contributed by atoms with Crippen LogP contribution in [0.15, 0.2) is 66.9 Å². The highest BCUT2D eigenvalue weighted by Gasteiger charge is 2.19. The first-order chi connectivity index (χ1) is 14.0. The number of aromatic nitrogens is 1. The molecule has 0 saturated carbocycles. The van der Waals surface area contributed by atoms with Gasteiger partial charge in [-0.25, -0.2) is 4.39 Å². The molecule has 3 rings (SSSR count). The van der Waals surface area contributed by atoms with Crippen molar-refractivity contribution >= 4 is 0 Å². The summed E-state index contributed by atoms with van der Waals surface area (Å²) in [4.78, 5) is 2.46. The van der Waals surface area contributed by atoms with Crippen molar-refractivity contribution in [2.24, 2.45) is 5.92 Å². The van der Waals surface area contributed by atoms with E-state index >= 15 is 0 Å². The normalized spacial score (nSPS) is 12.3. The van der Waals surface area contributed by atoms with E-state index in [2.05, 4.69) is 60.7 Å². The van der Waals surface area contributed by atoms with Crippen molar-refractivity contribution in [2.75, 3.05) is 0 Å². The highest BCUT2D eigenvalue weighted by atomic mass is 19.1. The molecule has 0 N–H and O–H groups in total. The molecule has 0 fully saturated rings. The van der Waals surface area contributed by atoms with Crippen LogP contribution in [0, 0.1) is 23.1 Å². The molecule has 4 heteroatoms. The number of hydrogen-bond donors (Lipinski definition) is 0. The third-order valence-electron chi connectivity index (χ3n) is 5.54. The van der Waals surface area contributed by atoms with E-state index < -0.39 is 0 Å². The Kier molecular flexibility index (Phi) is 6.85. The lowest BCUT2D eigenvalue weighted by Crippen LogP contribution is -2.36. The van der Waals surface area contributed by atoms with Crippen molar-refractivity contribution in [1.29, 1.82) is 5.26 Å². The lowest BCUT2D eigenvalue weighted by atomic mass is 10.0. The Labute approximate surface area is 173 Å². The number of nitrogens with zero attached hydrogens (tertiary/aromatic N) is 3. The summed E-state index contributed by atoms with van der Waals surface area (Å²) >= 11 is 0. The average molecular weight is 390 g/mol. The molecule has 3 aromatic rings. The van der Waals surface area contributed by atoms with Gasteiger partial charge in [0.1, 0.15) is 5.82 Å². The molecule has 0 spiro atoms. The van der Waals surface area contributed by atoms with E-state index in [1.54, 1.807) is 0 Å². The predicted octanol–water partition coefficient (Wildman–Crippen LogP) is 5.59. The van der Waals surface area contributed by atoms with Gasteiger partial charge in [-0.2, -0.15) is 5.26 Å². The smallest absolute Gasteiger partial charge is 0.123 e. The van der Waals surface area contributed by atoms with Gasteiger partial charge in [0.2, 0.25) is 0 Å². The summed E-state index contributed by atoms with van der Waals surface area (Å²) in [6.45, 7) is 9.05. The van der Waals surface area contributed by atoms with E-state index in [0.29, 0.717) is 17.5 Å². The fraction of sp³-hybridized carbons (Fsp3) is 0.320. The van der Waals surface area contributed by atoms with Crippen LogP contribution in [0.5, 0.6) is 0 Å². The molecule has 2 aromatic carbocycles. The maximum atomic E-state index is 13.2. The van der Waals surface area contributed by atoms with Gasteiger partial charge in [0, 0.05) is 37.6 Å². The summed E-state index contributed by atoms with van der Waals surface area (Å²) in [6.07, 6.45) is 2.08. The van der Waals surface area contributed by atoms with Crippen LogP contribution in [0.4, 0.5) is 4.39 Å². The Morgan fingerprint density at radius 1 is 0.966 bits per heavy atom. The quantitative estimate of drug-likeness (QED) is 0.503. The molecule has 3 nitrogen and oxygen atoms in total. The third kappa shape index (κ3) is 5.56. The van der Waals surface area contributed by atoms with Crippen molar-refractivity contribution in [2.45, 2.75) is 46.4 Å². The Morgan fingerprint density at radius 2 is 1.72 bits per heavy atom. The number of hydrogen-bond acceptors (Lipinski definition) is 2. The molecule has 0 bridgehead atoms. The molecular formula is C25H28FN3. The second-order valence-electron chi connectivity index (χ2n) is 7.96. The largest absolute Gasteiger partial charge is 0.346 e. The first kappa shape index (κ1) is 20.8. The number of halogens is 1. The van der Waals surface area contributed by atoms with Crippen LogP contribution in [-0.4, -0.2) is 15.5 Å². The predicted molar refractivity (Wildman–Crippen MR) is 115 cm³/mol. The molecule has 0 aliphatic carbocycles. The van der Waals surface area contributed by atoms with E-state index in [-0.39, 0.29) is 5.82 Å². The van der Waals surface area contributed by atoms with Crippen molar-refractivity contribution in [3.05, 3.63) is 95.1 Å². The third-order valence-corrected chi connectivity index (χ3v) is 5.54. The molecule has 0 radical (unpaired) electrons. The van der Waals surface area contributed by atoms with Gasteiger partial charge in [-0.15, -0.1) is 0 Å². The summed E-state index contributed by atoms with van der Waals surface area (Å²) < 4.78 is 15.4. The van der Waals surface area contributed by atoms with Crippen molar-refractivity contribution < 1.29 is 4.39 Å². The zero-order valence-corrected chi connectivity index (χ0v) is 17.3. The molecule has 1 heterocycles. The minimum absolute atomic E-state index is 0.210. The first-order valence-corrected chi connectivity index (χ1v) is 10.1. The van der Waals surface area contributed by atoms with Crippen LogP contribution < -0.4 is 0 Å². The van der Waals surface area contributed by atoms with Crippen LogP contribution in [-0.2, 0) is 19.6 Å². The lowest BCUT2D eigenvalue weighted by molar-refractivity contribution is 0.148. The number of benzene rings is 2. The highest BCUT2D eigenvalue weighted by Crippen LogP contribution is 2.20. The SMILES string of the molecule is CC(C)[C@@H](C)N(Cc1cccc(C#N)c1)Cc1cccn1Cc1ccc(F)cc1. The molecule has 0 amide bonds. The fourth-order valence-electron chi connectivity index (χ4n) is 3.48. The van der Waals surface area contributed by atoms with E-state index in [0.717, 1.165) is 30.8 Å². The summed E-state index contributed by atoms with van der Waals surface area (Å²) in [5.41, 5.74) is 4.14. The minimum atomic E-state index is -0.210. The summed E-state index contributed by atoms with van der Waals surface area (Å²) in [5.74, 6) is 0.299. The second-order valence-corrected chi connectivity index (χ2v) is 7.96. The molecule has 29 heavy (non-hydrogen) atoms. The molecular weight excluding hydrogens is 361 g/mol. The highest BCUT2D eigenvalue weighted by molar-refractivity contribution is 5.32. The lowest BCUT2D eigenvalue weighted by Gasteiger charge is -2.32. The van der Waals surface area contributed by atoms with Gasteiger partial charge < -0.3 is 4.57 Å². The van der Waals surface area contributed by atoms with Crippen molar-refractivity contribution in [3.63, 3.8) is 0 Å². The standard InChI is InChI=1S/C25H28FN3/c1-19(2)20(3)29(17-23-7-4-6-22(14-23)15-27)18-25-8-5-13-28(25)16-21-9-11-24(26)12-10-21/h4-14,19-20H,16-18H2,1-3H3/t20-/m1/s1. The molecule has 0 aliphatic rings. The maximum Gasteiger partial charge on any atom is 0.123 e. The van der Waals surface area contributed by atoms with Gasteiger partial charge in [0.15, 0.2) is 0 Å². The molecule has 150 valence electrons. The van der Waals surface area contributed by atoms with E-state index in [4.69, 9.17) is 0 Å². The Morgan fingerprint density at radius 3 is 2.41 bits per heavy atom. The van der Waals surface area contributed by atoms with Gasteiger partial charge in [0.05, 0.1) is 11.6 Å². The summed E-state index contributed by atoms with van der Waals surface area (Å²) in [6, 6.07) is 21.3.